The summed E-state index contributed by atoms with van der Waals surface area (Å²) in [6.07, 6.45) is 0. The average Bonchev–Trinajstić information content (AvgIpc) is 2.80. The van der Waals surface area contributed by atoms with E-state index in [9.17, 15) is 0 Å². The third-order valence-electron chi connectivity index (χ3n) is 2.89. The largest absolute Gasteiger partial charge is 0.374 e. The molecule has 1 heterocycles. The van der Waals surface area contributed by atoms with Crippen molar-refractivity contribution in [3.8, 4) is 0 Å². The zero-order chi connectivity index (χ0) is 13.7. The topological polar surface area (TPSA) is 41.1 Å². The number of benzene rings is 1. The Morgan fingerprint density at radius 1 is 1.21 bits per heavy atom. The van der Waals surface area contributed by atoms with Gasteiger partial charge in [0.25, 0.3) is 0 Å². The Morgan fingerprint density at radius 3 is 2.63 bits per heavy atom. The lowest BCUT2D eigenvalue weighted by molar-refractivity contribution is 0.315. The van der Waals surface area contributed by atoms with Crippen molar-refractivity contribution in [2.45, 2.75) is 26.9 Å². The fourth-order valence-electron chi connectivity index (χ4n) is 1.92. The van der Waals surface area contributed by atoms with Crippen LogP contribution in [0.25, 0.3) is 0 Å². The predicted octanol–water partition coefficient (Wildman–Crippen LogP) is 2.91. The van der Waals surface area contributed by atoms with Crippen LogP contribution in [-0.2, 0) is 13.1 Å². The van der Waals surface area contributed by atoms with Gasteiger partial charge in [-0.1, -0.05) is 34.3 Å². The van der Waals surface area contributed by atoms with Crippen molar-refractivity contribution in [3.63, 3.8) is 0 Å². The van der Waals surface area contributed by atoms with Gasteiger partial charge < -0.3 is 5.32 Å². The van der Waals surface area contributed by atoms with Crippen LogP contribution < -0.4 is 5.32 Å². The second-order valence-corrected chi connectivity index (χ2v) is 5.49. The third kappa shape index (κ3) is 4.01. The first-order valence-electron chi connectivity index (χ1n) is 6.48. The summed E-state index contributed by atoms with van der Waals surface area (Å²) in [7, 11) is 2.11. The van der Waals surface area contributed by atoms with Crippen molar-refractivity contribution in [2.75, 3.05) is 18.9 Å². The Labute approximate surface area is 118 Å². The van der Waals surface area contributed by atoms with Crippen LogP contribution in [0, 0.1) is 6.92 Å². The highest BCUT2D eigenvalue weighted by atomic mass is 32.1. The van der Waals surface area contributed by atoms with Gasteiger partial charge in [-0.2, -0.15) is 0 Å². The van der Waals surface area contributed by atoms with Gasteiger partial charge in [-0.3, -0.25) is 4.90 Å². The van der Waals surface area contributed by atoms with Crippen LogP contribution in [-0.4, -0.2) is 28.1 Å². The number of aryl methyl sites for hydroxylation is 1. The minimum atomic E-state index is 0.812. The van der Waals surface area contributed by atoms with E-state index in [1.165, 1.54) is 22.7 Å². The van der Waals surface area contributed by atoms with E-state index in [0.717, 1.165) is 30.3 Å². The lowest BCUT2D eigenvalue weighted by atomic mass is 10.1. The normalized spacial score (nSPS) is 10.9. The zero-order valence-corrected chi connectivity index (χ0v) is 12.5. The maximum Gasteiger partial charge on any atom is 0.134 e. The van der Waals surface area contributed by atoms with Crippen molar-refractivity contribution >= 4 is 16.5 Å². The van der Waals surface area contributed by atoms with Crippen LogP contribution in [0.15, 0.2) is 24.3 Å². The Bertz CT molecular complexity index is 506. The van der Waals surface area contributed by atoms with Crippen LogP contribution in [0.2, 0.25) is 0 Å². The fraction of sp³-hybridized carbons (Fsp3) is 0.429. The standard InChI is InChI=1S/C14H20N4S/c1-4-15-14-13(16-17-19-14)10-18(3)9-12-7-5-11(2)6-8-12/h5-8,15H,4,9-10H2,1-3H3. The molecule has 0 radical (unpaired) electrons. The highest BCUT2D eigenvalue weighted by molar-refractivity contribution is 7.10. The summed E-state index contributed by atoms with van der Waals surface area (Å²) in [6, 6.07) is 8.65. The monoisotopic (exact) mass is 276 g/mol. The number of hydrogen-bond donors (Lipinski definition) is 1. The summed E-state index contributed by atoms with van der Waals surface area (Å²) < 4.78 is 4.01. The van der Waals surface area contributed by atoms with Crippen LogP contribution >= 0.6 is 11.5 Å². The Hall–Kier alpha value is -1.46. The Balaban J connectivity index is 1.95. The summed E-state index contributed by atoms with van der Waals surface area (Å²) in [6.45, 7) is 6.82. The summed E-state index contributed by atoms with van der Waals surface area (Å²) in [5, 5.41) is 8.58. The molecule has 0 spiro atoms. The SMILES string of the molecule is CCNc1snnc1CN(C)Cc1ccc(C)cc1. The number of nitrogens with one attached hydrogen (secondary N) is 1. The second kappa shape index (κ2) is 6.63. The van der Waals surface area contributed by atoms with Crippen LogP contribution in [0.5, 0.6) is 0 Å². The molecule has 2 aromatic rings. The first-order valence-corrected chi connectivity index (χ1v) is 7.25. The summed E-state index contributed by atoms with van der Waals surface area (Å²) >= 11 is 1.43. The van der Waals surface area contributed by atoms with Gasteiger partial charge in [-0.05, 0) is 26.5 Å². The molecule has 0 aliphatic rings. The van der Waals surface area contributed by atoms with Crippen LogP contribution in [0.4, 0.5) is 5.00 Å². The second-order valence-electron chi connectivity index (χ2n) is 4.74. The van der Waals surface area contributed by atoms with Gasteiger partial charge in [0.05, 0.1) is 0 Å². The van der Waals surface area contributed by atoms with E-state index in [4.69, 9.17) is 0 Å². The average molecular weight is 276 g/mol. The molecule has 0 saturated carbocycles. The number of hydrogen-bond acceptors (Lipinski definition) is 5. The molecule has 19 heavy (non-hydrogen) atoms. The van der Waals surface area contributed by atoms with Gasteiger partial charge >= 0.3 is 0 Å². The van der Waals surface area contributed by atoms with Gasteiger partial charge in [0.2, 0.25) is 0 Å². The van der Waals surface area contributed by atoms with E-state index in [1.54, 1.807) is 0 Å². The molecule has 4 nitrogen and oxygen atoms in total. The maximum absolute atomic E-state index is 4.19. The molecule has 1 aromatic heterocycles. The Morgan fingerprint density at radius 2 is 1.95 bits per heavy atom. The van der Waals surface area contributed by atoms with Crippen molar-refractivity contribution in [1.29, 1.82) is 0 Å². The first kappa shape index (κ1) is 14.0. The summed E-state index contributed by atoms with van der Waals surface area (Å²) in [4.78, 5) is 2.25. The molecule has 0 amide bonds. The third-order valence-corrected chi connectivity index (χ3v) is 3.61. The van der Waals surface area contributed by atoms with Gasteiger partial charge in [0, 0.05) is 31.2 Å². The number of rotatable bonds is 6. The zero-order valence-electron chi connectivity index (χ0n) is 11.7. The van der Waals surface area contributed by atoms with Gasteiger partial charge in [-0.15, -0.1) is 5.10 Å². The highest BCUT2D eigenvalue weighted by Gasteiger charge is 2.10. The smallest absolute Gasteiger partial charge is 0.134 e. The first-order chi connectivity index (χ1) is 9.19. The number of aromatic nitrogens is 2. The quantitative estimate of drug-likeness (QED) is 0.881. The summed E-state index contributed by atoms with van der Waals surface area (Å²) in [5.41, 5.74) is 3.65. The molecule has 0 aliphatic carbocycles. The van der Waals surface area contributed by atoms with Crippen molar-refractivity contribution in [2.24, 2.45) is 0 Å². The lowest BCUT2D eigenvalue weighted by Gasteiger charge is -2.16. The molecule has 0 unspecified atom stereocenters. The number of anilines is 1. The van der Waals surface area contributed by atoms with E-state index >= 15 is 0 Å². The maximum atomic E-state index is 4.19. The molecule has 1 N–H and O–H groups in total. The van der Waals surface area contributed by atoms with E-state index in [2.05, 4.69) is 65.0 Å². The molecule has 0 saturated heterocycles. The molecule has 1 aromatic carbocycles. The molecular weight excluding hydrogens is 256 g/mol. The molecule has 2 rings (SSSR count). The Kier molecular flexibility index (Phi) is 4.87. The van der Waals surface area contributed by atoms with Gasteiger partial charge in [0.15, 0.2) is 0 Å². The van der Waals surface area contributed by atoms with Crippen molar-refractivity contribution in [1.82, 2.24) is 14.5 Å². The van der Waals surface area contributed by atoms with E-state index in [-0.39, 0.29) is 0 Å². The van der Waals surface area contributed by atoms with E-state index < -0.39 is 0 Å². The van der Waals surface area contributed by atoms with Gasteiger partial charge in [0.1, 0.15) is 10.7 Å². The molecule has 5 heteroatoms. The lowest BCUT2D eigenvalue weighted by Crippen LogP contribution is -2.18. The van der Waals surface area contributed by atoms with Crippen LogP contribution in [0.3, 0.4) is 0 Å². The predicted molar refractivity (Wildman–Crippen MR) is 80.4 cm³/mol. The van der Waals surface area contributed by atoms with Crippen molar-refractivity contribution in [3.05, 3.63) is 41.1 Å². The molecule has 0 fully saturated rings. The van der Waals surface area contributed by atoms with Crippen LogP contribution in [0.1, 0.15) is 23.7 Å². The summed E-state index contributed by atoms with van der Waals surface area (Å²) in [5.74, 6) is 0. The van der Waals surface area contributed by atoms with E-state index in [0.29, 0.717) is 0 Å². The molecular formula is C14H20N4S. The molecule has 102 valence electrons. The van der Waals surface area contributed by atoms with Gasteiger partial charge in [-0.25, -0.2) is 0 Å². The number of nitrogens with zero attached hydrogens (tertiary/aromatic N) is 3. The minimum Gasteiger partial charge on any atom is -0.374 e. The molecule has 0 aliphatic heterocycles. The molecule has 0 bridgehead atoms. The van der Waals surface area contributed by atoms with E-state index in [1.807, 2.05) is 0 Å². The van der Waals surface area contributed by atoms with Crippen molar-refractivity contribution < 1.29 is 0 Å². The highest BCUT2D eigenvalue weighted by Crippen LogP contribution is 2.19. The molecule has 0 atom stereocenters. The minimum absolute atomic E-state index is 0.812. The fourth-order valence-corrected chi connectivity index (χ4v) is 2.56.